The van der Waals surface area contributed by atoms with Crippen LogP contribution in [0.15, 0.2) is 66.7 Å². The number of nitrogens with one attached hydrogen (secondary N) is 1. The molecule has 0 bridgehead atoms. The van der Waals surface area contributed by atoms with E-state index in [1.165, 1.54) is 37.5 Å². The van der Waals surface area contributed by atoms with Crippen LogP contribution in [-0.4, -0.2) is 17.9 Å². The second kappa shape index (κ2) is 10.7. The molecule has 9 heteroatoms. The van der Waals surface area contributed by atoms with E-state index >= 15 is 0 Å². The molecule has 164 valence electrons. The molecule has 0 aliphatic rings. The average Bonchev–Trinajstić information content (AvgIpc) is 2.78. The monoisotopic (exact) mass is 472 g/mol. The Kier molecular flexibility index (Phi) is 7.70. The Bertz CT molecular complexity index is 1140. The Labute approximate surface area is 194 Å². The van der Waals surface area contributed by atoms with Gasteiger partial charge < -0.3 is 14.8 Å². The van der Waals surface area contributed by atoms with Gasteiger partial charge in [-0.25, -0.2) is 0 Å². The number of amides is 1. The van der Waals surface area contributed by atoms with Crippen LogP contribution in [0.3, 0.4) is 0 Å². The average molecular weight is 473 g/mol. The Morgan fingerprint density at radius 2 is 1.75 bits per heavy atom. The molecule has 0 aromatic heterocycles. The predicted molar refractivity (Wildman–Crippen MR) is 125 cm³/mol. The fourth-order valence-corrected chi connectivity index (χ4v) is 3.26. The number of hydrogen-bond donors (Lipinski definition) is 1. The molecular weight excluding hydrogens is 455 g/mol. The number of nitrogens with zero attached hydrogens (tertiary/aromatic N) is 1. The second-order valence-electron chi connectivity index (χ2n) is 6.53. The first-order valence-electron chi connectivity index (χ1n) is 9.34. The number of anilines is 1. The zero-order valence-electron chi connectivity index (χ0n) is 16.9. The molecule has 1 amide bonds. The lowest BCUT2D eigenvalue weighted by atomic mass is 10.2. The van der Waals surface area contributed by atoms with E-state index in [-0.39, 0.29) is 18.2 Å². The molecule has 3 rings (SSSR count). The van der Waals surface area contributed by atoms with Crippen LogP contribution in [0.25, 0.3) is 6.08 Å². The van der Waals surface area contributed by atoms with Gasteiger partial charge in [0.05, 0.1) is 12.0 Å². The molecule has 0 heterocycles. The van der Waals surface area contributed by atoms with Gasteiger partial charge in [0.2, 0.25) is 5.91 Å². The van der Waals surface area contributed by atoms with Gasteiger partial charge in [0.15, 0.2) is 11.5 Å². The van der Waals surface area contributed by atoms with E-state index < -0.39 is 4.92 Å². The summed E-state index contributed by atoms with van der Waals surface area (Å²) in [4.78, 5) is 22.3. The molecule has 7 nitrogen and oxygen atoms in total. The van der Waals surface area contributed by atoms with Crippen LogP contribution in [-0.2, 0) is 11.4 Å². The van der Waals surface area contributed by atoms with Gasteiger partial charge in [0.25, 0.3) is 5.69 Å². The first-order valence-corrected chi connectivity index (χ1v) is 10.1. The summed E-state index contributed by atoms with van der Waals surface area (Å²) >= 11 is 12.3. The maximum atomic E-state index is 12.1. The van der Waals surface area contributed by atoms with Crippen molar-refractivity contribution in [3.8, 4) is 11.5 Å². The summed E-state index contributed by atoms with van der Waals surface area (Å²) in [6.45, 7) is 0.168. The number of nitro groups is 1. The summed E-state index contributed by atoms with van der Waals surface area (Å²) < 4.78 is 11.2. The van der Waals surface area contributed by atoms with Crippen LogP contribution < -0.4 is 14.8 Å². The van der Waals surface area contributed by atoms with Crippen molar-refractivity contribution >= 4 is 46.6 Å². The first-order chi connectivity index (χ1) is 15.4. The zero-order chi connectivity index (χ0) is 23.1. The van der Waals surface area contributed by atoms with Gasteiger partial charge in [-0.3, -0.25) is 14.9 Å². The summed E-state index contributed by atoms with van der Waals surface area (Å²) in [5, 5.41) is 14.3. The van der Waals surface area contributed by atoms with Gasteiger partial charge in [-0.1, -0.05) is 35.3 Å². The van der Waals surface area contributed by atoms with Crippen LogP contribution in [0.4, 0.5) is 11.4 Å². The number of halogens is 2. The standard InChI is InChI=1S/C23H18Cl2N2O5/c1-31-22-13-15(5-11-21(22)32-14-18-19(24)3-2-4-20(18)25)6-12-23(28)26-16-7-9-17(10-8-16)27(29)30/h2-13H,14H2,1H3,(H,26,28)/b12-6+. The third-order valence-electron chi connectivity index (χ3n) is 4.39. The minimum atomic E-state index is -0.505. The van der Waals surface area contributed by atoms with Gasteiger partial charge >= 0.3 is 0 Å². The van der Waals surface area contributed by atoms with Crippen molar-refractivity contribution in [2.24, 2.45) is 0 Å². The number of non-ortho nitro benzene ring substituents is 1. The highest BCUT2D eigenvalue weighted by molar-refractivity contribution is 6.35. The van der Waals surface area contributed by atoms with Gasteiger partial charge in [0.1, 0.15) is 6.61 Å². The Morgan fingerprint density at radius 3 is 2.38 bits per heavy atom. The molecule has 0 radical (unpaired) electrons. The van der Waals surface area contributed by atoms with Crippen LogP contribution in [0.5, 0.6) is 11.5 Å². The largest absolute Gasteiger partial charge is 0.493 e. The smallest absolute Gasteiger partial charge is 0.269 e. The van der Waals surface area contributed by atoms with E-state index in [4.69, 9.17) is 32.7 Å². The summed E-state index contributed by atoms with van der Waals surface area (Å²) in [5.41, 5.74) is 1.78. The van der Waals surface area contributed by atoms with Crippen molar-refractivity contribution in [3.05, 3.63) is 98.0 Å². The molecule has 1 N–H and O–H groups in total. The minimum Gasteiger partial charge on any atom is -0.493 e. The topological polar surface area (TPSA) is 90.7 Å². The molecule has 0 aliphatic heterocycles. The molecule has 0 aliphatic carbocycles. The Morgan fingerprint density at radius 1 is 1.06 bits per heavy atom. The van der Waals surface area contributed by atoms with Crippen molar-refractivity contribution in [1.29, 1.82) is 0 Å². The molecule has 3 aromatic carbocycles. The number of ether oxygens (including phenoxy) is 2. The minimum absolute atomic E-state index is 0.0512. The number of hydrogen-bond acceptors (Lipinski definition) is 5. The van der Waals surface area contributed by atoms with E-state index in [0.717, 1.165) is 0 Å². The predicted octanol–water partition coefficient (Wildman–Crippen LogP) is 6.14. The highest BCUT2D eigenvalue weighted by atomic mass is 35.5. The SMILES string of the molecule is COc1cc(/C=C/C(=O)Nc2ccc([N+](=O)[O-])cc2)ccc1OCc1c(Cl)cccc1Cl. The van der Waals surface area contributed by atoms with E-state index in [0.29, 0.717) is 38.4 Å². The Hall–Kier alpha value is -3.55. The first kappa shape index (κ1) is 23.1. The van der Waals surface area contributed by atoms with Gasteiger partial charge in [-0.2, -0.15) is 0 Å². The molecule has 0 saturated carbocycles. The summed E-state index contributed by atoms with van der Waals surface area (Å²) in [5.74, 6) is 0.591. The molecule has 0 fully saturated rings. The fraction of sp³-hybridized carbons (Fsp3) is 0.0870. The summed E-state index contributed by atoms with van der Waals surface area (Å²) in [7, 11) is 1.51. The molecule has 3 aromatic rings. The van der Waals surface area contributed by atoms with E-state index in [2.05, 4.69) is 5.32 Å². The number of nitro benzene ring substituents is 1. The normalized spacial score (nSPS) is 10.7. The maximum absolute atomic E-state index is 12.1. The maximum Gasteiger partial charge on any atom is 0.269 e. The third-order valence-corrected chi connectivity index (χ3v) is 5.10. The number of rotatable bonds is 8. The lowest BCUT2D eigenvalue weighted by molar-refractivity contribution is -0.384. The van der Waals surface area contributed by atoms with Crippen molar-refractivity contribution in [1.82, 2.24) is 0 Å². The molecule has 0 atom stereocenters. The highest BCUT2D eigenvalue weighted by Gasteiger charge is 2.10. The molecule has 0 unspecified atom stereocenters. The summed E-state index contributed by atoms with van der Waals surface area (Å²) in [6.07, 6.45) is 2.96. The van der Waals surface area contributed by atoms with Crippen LogP contribution >= 0.6 is 23.2 Å². The van der Waals surface area contributed by atoms with Crippen LogP contribution in [0, 0.1) is 10.1 Å². The highest BCUT2D eigenvalue weighted by Crippen LogP contribution is 2.31. The summed E-state index contributed by atoms with van der Waals surface area (Å²) in [6, 6.07) is 16.0. The van der Waals surface area contributed by atoms with Crippen molar-refractivity contribution in [3.63, 3.8) is 0 Å². The lowest BCUT2D eigenvalue weighted by Crippen LogP contribution is -2.07. The number of carbonyl (C=O) groups excluding carboxylic acids is 1. The molecule has 0 spiro atoms. The quantitative estimate of drug-likeness (QED) is 0.241. The van der Waals surface area contributed by atoms with Crippen LogP contribution in [0.2, 0.25) is 10.0 Å². The lowest BCUT2D eigenvalue weighted by Gasteiger charge is -2.13. The van der Waals surface area contributed by atoms with Gasteiger partial charge in [0, 0.05) is 39.5 Å². The van der Waals surface area contributed by atoms with Gasteiger partial charge in [-0.15, -0.1) is 0 Å². The van der Waals surface area contributed by atoms with E-state index in [1.54, 1.807) is 42.5 Å². The van der Waals surface area contributed by atoms with Crippen LogP contribution in [0.1, 0.15) is 11.1 Å². The Balaban J connectivity index is 1.65. The number of benzene rings is 3. The zero-order valence-corrected chi connectivity index (χ0v) is 18.4. The van der Waals surface area contributed by atoms with Gasteiger partial charge in [-0.05, 0) is 48.0 Å². The number of methoxy groups -OCH3 is 1. The van der Waals surface area contributed by atoms with E-state index in [9.17, 15) is 14.9 Å². The second-order valence-corrected chi connectivity index (χ2v) is 7.34. The third kappa shape index (κ3) is 6.00. The molecule has 32 heavy (non-hydrogen) atoms. The van der Waals surface area contributed by atoms with Crippen molar-refractivity contribution in [2.75, 3.05) is 12.4 Å². The fourth-order valence-electron chi connectivity index (χ4n) is 2.75. The molecular formula is C23H18Cl2N2O5. The van der Waals surface area contributed by atoms with E-state index in [1.807, 2.05) is 0 Å². The van der Waals surface area contributed by atoms with Crippen molar-refractivity contribution < 1.29 is 19.2 Å². The molecule has 0 saturated heterocycles. The van der Waals surface area contributed by atoms with Crippen molar-refractivity contribution in [2.45, 2.75) is 6.61 Å². The number of carbonyl (C=O) groups is 1.